The summed E-state index contributed by atoms with van der Waals surface area (Å²) in [6.45, 7) is 0. The smallest absolute Gasteiger partial charge is 0.335 e. The van der Waals surface area contributed by atoms with Gasteiger partial charge < -0.3 is 10.2 Å². The van der Waals surface area contributed by atoms with Crippen molar-refractivity contribution in [2.24, 2.45) is 0 Å². The quantitative estimate of drug-likeness (QED) is 0.585. The number of fused-ring (bicyclic) bond motifs is 1. The van der Waals surface area contributed by atoms with Gasteiger partial charge in [-0.2, -0.15) is 0 Å². The zero-order chi connectivity index (χ0) is 19.0. The van der Waals surface area contributed by atoms with Crippen LogP contribution in [0.5, 0.6) is 5.75 Å². The van der Waals surface area contributed by atoms with Crippen molar-refractivity contribution in [2.75, 3.05) is 0 Å². The van der Waals surface area contributed by atoms with Crippen LogP contribution in [0.3, 0.4) is 0 Å². The van der Waals surface area contributed by atoms with Crippen molar-refractivity contribution in [3.05, 3.63) is 88.8 Å². The third-order valence-electron chi connectivity index (χ3n) is 4.27. The number of hydrogen-bond acceptors (Lipinski definition) is 4. The number of carboxylic acids is 1. The Kier molecular flexibility index (Phi) is 3.93. The first-order chi connectivity index (χ1) is 13.0. The minimum absolute atomic E-state index is 0.0500. The lowest BCUT2D eigenvalue weighted by Crippen LogP contribution is -2.18. The number of aromatic carboxylic acids is 1. The molecule has 0 aliphatic heterocycles. The molecule has 132 valence electrons. The lowest BCUT2D eigenvalue weighted by molar-refractivity contribution is 0.0697. The Bertz CT molecular complexity index is 1210. The molecule has 2 N–H and O–H groups in total. The first-order valence-electron chi connectivity index (χ1n) is 8.19. The number of carboxylic acid groups (broad SMARTS) is 1. The van der Waals surface area contributed by atoms with Gasteiger partial charge in [-0.1, -0.05) is 42.5 Å². The molecule has 0 spiro atoms. The van der Waals surface area contributed by atoms with Crippen molar-refractivity contribution in [1.29, 1.82) is 0 Å². The molecule has 0 aliphatic carbocycles. The van der Waals surface area contributed by atoms with Gasteiger partial charge in [0.1, 0.15) is 11.4 Å². The van der Waals surface area contributed by atoms with Crippen molar-refractivity contribution >= 4 is 11.6 Å². The van der Waals surface area contributed by atoms with Gasteiger partial charge in [-0.05, 0) is 29.8 Å². The molecule has 0 amide bonds. The summed E-state index contributed by atoms with van der Waals surface area (Å²) in [6.07, 6.45) is 1.31. The van der Waals surface area contributed by atoms with Crippen LogP contribution in [0, 0.1) is 0 Å². The lowest BCUT2D eigenvalue weighted by atomic mass is 9.99. The molecule has 0 saturated carbocycles. The van der Waals surface area contributed by atoms with E-state index >= 15 is 0 Å². The van der Waals surface area contributed by atoms with Crippen LogP contribution < -0.4 is 5.56 Å². The Hall–Kier alpha value is -3.93. The summed E-state index contributed by atoms with van der Waals surface area (Å²) in [4.78, 5) is 28.9. The number of aromatic hydroxyl groups is 1. The van der Waals surface area contributed by atoms with Gasteiger partial charge in [0.05, 0.1) is 23.0 Å². The largest absolute Gasteiger partial charge is 0.506 e. The molecular formula is C21H14N2O4. The van der Waals surface area contributed by atoms with Crippen LogP contribution in [-0.2, 0) is 0 Å². The molecule has 2 aromatic carbocycles. The van der Waals surface area contributed by atoms with Crippen molar-refractivity contribution in [3.8, 4) is 28.1 Å². The van der Waals surface area contributed by atoms with Gasteiger partial charge in [-0.3, -0.25) is 9.20 Å². The number of carbonyl (C=O) groups is 1. The molecule has 0 unspecified atom stereocenters. The van der Waals surface area contributed by atoms with E-state index in [9.17, 15) is 14.7 Å². The summed E-state index contributed by atoms with van der Waals surface area (Å²) in [5.74, 6) is -1.09. The van der Waals surface area contributed by atoms with Gasteiger partial charge in [0, 0.05) is 5.56 Å². The van der Waals surface area contributed by atoms with Gasteiger partial charge in [0.25, 0.3) is 5.56 Å². The molecule has 4 aromatic rings. The van der Waals surface area contributed by atoms with E-state index in [1.54, 1.807) is 18.2 Å². The summed E-state index contributed by atoms with van der Waals surface area (Å²) in [7, 11) is 0. The monoisotopic (exact) mass is 358 g/mol. The number of hydrogen-bond donors (Lipinski definition) is 2. The second-order valence-electron chi connectivity index (χ2n) is 6.00. The van der Waals surface area contributed by atoms with E-state index in [0.29, 0.717) is 22.5 Å². The summed E-state index contributed by atoms with van der Waals surface area (Å²) in [6, 6.07) is 18.4. The SMILES string of the molecule is O=C(O)c1ccc(-c2c(-c3ccccc3)nc3ccc(O)cn3c2=O)cc1. The number of benzene rings is 2. The molecule has 0 aliphatic rings. The van der Waals surface area contributed by atoms with E-state index in [1.807, 2.05) is 30.3 Å². The van der Waals surface area contributed by atoms with E-state index in [2.05, 4.69) is 4.98 Å². The van der Waals surface area contributed by atoms with Crippen molar-refractivity contribution in [1.82, 2.24) is 9.38 Å². The van der Waals surface area contributed by atoms with Crippen LogP contribution in [0.4, 0.5) is 0 Å². The predicted octanol–water partition coefficient (Wildman–Crippen LogP) is 3.43. The maximum absolute atomic E-state index is 13.2. The zero-order valence-corrected chi connectivity index (χ0v) is 14.0. The predicted molar refractivity (Wildman–Crippen MR) is 101 cm³/mol. The van der Waals surface area contributed by atoms with E-state index < -0.39 is 5.97 Å². The van der Waals surface area contributed by atoms with E-state index in [4.69, 9.17) is 5.11 Å². The fraction of sp³-hybridized carbons (Fsp3) is 0. The van der Waals surface area contributed by atoms with Crippen molar-refractivity contribution in [2.45, 2.75) is 0 Å². The van der Waals surface area contributed by atoms with Crippen molar-refractivity contribution in [3.63, 3.8) is 0 Å². The molecule has 0 radical (unpaired) electrons. The molecule has 0 atom stereocenters. The molecule has 6 heteroatoms. The van der Waals surface area contributed by atoms with E-state index in [0.717, 1.165) is 5.56 Å². The van der Waals surface area contributed by atoms with Crippen LogP contribution in [0.2, 0.25) is 0 Å². The average Bonchev–Trinajstić information content (AvgIpc) is 2.69. The maximum Gasteiger partial charge on any atom is 0.335 e. The number of pyridine rings is 1. The summed E-state index contributed by atoms with van der Waals surface area (Å²) in [5, 5.41) is 18.8. The Morgan fingerprint density at radius 3 is 2.26 bits per heavy atom. The highest BCUT2D eigenvalue weighted by Gasteiger charge is 2.17. The van der Waals surface area contributed by atoms with E-state index in [1.165, 1.54) is 28.8 Å². The topological polar surface area (TPSA) is 91.9 Å². The van der Waals surface area contributed by atoms with Crippen LogP contribution in [-0.4, -0.2) is 25.6 Å². The average molecular weight is 358 g/mol. The second-order valence-corrected chi connectivity index (χ2v) is 6.00. The van der Waals surface area contributed by atoms with Crippen molar-refractivity contribution < 1.29 is 15.0 Å². The number of aromatic nitrogens is 2. The zero-order valence-electron chi connectivity index (χ0n) is 14.0. The lowest BCUT2D eigenvalue weighted by Gasteiger charge is -2.12. The molecule has 0 fully saturated rings. The van der Waals surface area contributed by atoms with Gasteiger partial charge in [0.2, 0.25) is 0 Å². The third-order valence-corrected chi connectivity index (χ3v) is 4.27. The molecule has 6 nitrogen and oxygen atoms in total. The Morgan fingerprint density at radius 2 is 1.59 bits per heavy atom. The second kappa shape index (κ2) is 6.42. The molecule has 2 aromatic heterocycles. The first-order valence-corrected chi connectivity index (χ1v) is 8.19. The molecule has 4 rings (SSSR count). The van der Waals surface area contributed by atoms with E-state index in [-0.39, 0.29) is 16.9 Å². The first kappa shape index (κ1) is 16.5. The molecular weight excluding hydrogens is 344 g/mol. The fourth-order valence-corrected chi connectivity index (χ4v) is 2.97. The molecule has 27 heavy (non-hydrogen) atoms. The normalized spacial score (nSPS) is 10.8. The summed E-state index contributed by atoms with van der Waals surface area (Å²) >= 11 is 0. The molecule has 0 saturated heterocycles. The van der Waals surface area contributed by atoms with Gasteiger partial charge in [-0.25, -0.2) is 9.78 Å². The van der Waals surface area contributed by atoms with Gasteiger partial charge >= 0.3 is 5.97 Å². The highest BCUT2D eigenvalue weighted by Crippen LogP contribution is 2.28. The highest BCUT2D eigenvalue weighted by atomic mass is 16.4. The molecule has 0 bridgehead atoms. The summed E-state index contributed by atoms with van der Waals surface area (Å²) in [5.41, 5.74) is 2.33. The van der Waals surface area contributed by atoms with Crippen LogP contribution >= 0.6 is 0 Å². The third kappa shape index (κ3) is 2.93. The molecule has 2 heterocycles. The Labute approximate surface area is 153 Å². The van der Waals surface area contributed by atoms with Crippen LogP contribution in [0.25, 0.3) is 28.0 Å². The fourth-order valence-electron chi connectivity index (χ4n) is 2.97. The number of rotatable bonds is 3. The van der Waals surface area contributed by atoms with Crippen LogP contribution in [0.15, 0.2) is 77.7 Å². The summed E-state index contributed by atoms with van der Waals surface area (Å²) < 4.78 is 1.28. The number of nitrogens with zero attached hydrogens (tertiary/aromatic N) is 2. The minimum Gasteiger partial charge on any atom is -0.506 e. The van der Waals surface area contributed by atoms with Gasteiger partial charge in [-0.15, -0.1) is 0 Å². The maximum atomic E-state index is 13.2. The van der Waals surface area contributed by atoms with Crippen LogP contribution in [0.1, 0.15) is 10.4 Å². The van der Waals surface area contributed by atoms with Gasteiger partial charge in [0.15, 0.2) is 0 Å². The Morgan fingerprint density at radius 1 is 0.889 bits per heavy atom. The Balaban J connectivity index is 2.06. The standard InChI is InChI=1S/C21H14N2O4/c24-16-10-11-17-22-19(14-4-2-1-3-5-14)18(20(25)23(17)12-16)13-6-8-15(9-7-13)21(26)27/h1-12,24H,(H,26,27). The minimum atomic E-state index is -1.04. The highest BCUT2D eigenvalue weighted by molar-refractivity contribution is 5.89.